The minimum absolute atomic E-state index is 0.198. The lowest BCUT2D eigenvalue weighted by Gasteiger charge is -2.32. The zero-order valence-electron chi connectivity index (χ0n) is 22.8. The summed E-state index contributed by atoms with van der Waals surface area (Å²) < 4.78 is 16.4. The molecule has 4 rings (SSSR count). The van der Waals surface area contributed by atoms with Gasteiger partial charge in [-0.05, 0) is 48.6 Å². The molecule has 208 valence electrons. The Morgan fingerprint density at radius 3 is 2.33 bits per heavy atom. The van der Waals surface area contributed by atoms with Crippen LogP contribution in [-0.2, 0) is 6.61 Å². The first-order valence-corrected chi connectivity index (χ1v) is 14.0. The summed E-state index contributed by atoms with van der Waals surface area (Å²) in [6, 6.07) is 12.4. The molecule has 0 unspecified atom stereocenters. The number of thiazole rings is 1. The van der Waals surface area contributed by atoms with Gasteiger partial charge in [-0.1, -0.05) is 38.8 Å². The number of nitrogens with zero attached hydrogens (tertiary/aromatic N) is 1. The lowest BCUT2D eigenvalue weighted by Crippen LogP contribution is -2.54. The molecule has 0 spiro atoms. The molecule has 2 atom stereocenters. The summed E-state index contributed by atoms with van der Waals surface area (Å²) in [4.78, 5) is 30.3. The Morgan fingerprint density at radius 1 is 0.974 bits per heavy atom. The van der Waals surface area contributed by atoms with E-state index in [9.17, 15) is 9.59 Å². The highest BCUT2D eigenvalue weighted by molar-refractivity contribution is 7.09. The molecule has 39 heavy (non-hydrogen) atoms. The van der Waals surface area contributed by atoms with E-state index in [1.54, 1.807) is 30.7 Å². The maximum atomic E-state index is 13.0. The Hall–Kier alpha value is -3.79. The first-order valence-electron chi connectivity index (χ1n) is 13.1. The van der Waals surface area contributed by atoms with Gasteiger partial charge in [0.05, 0.1) is 25.9 Å². The van der Waals surface area contributed by atoms with E-state index in [0.717, 1.165) is 36.4 Å². The van der Waals surface area contributed by atoms with Crippen LogP contribution in [0.3, 0.4) is 0 Å². The van der Waals surface area contributed by atoms with Gasteiger partial charge in [-0.15, -0.1) is 11.3 Å². The number of carbonyl (C=O) groups excluding carboxylic acids is 2. The molecule has 0 saturated heterocycles. The van der Waals surface area contributed by atoms with Gasteiger partial charge in [0.25, 0.3) is 5.91 Å². The second-order valence-electron chi connectivity index (χ2n) is 9.77. The second-order valence-corrected chi connectivity index (χ2v) is 10.7. The van der Waals surface area contributed by atoms with E-state index >= 15 is 0 Å². The number of hydrogen-bond donors (Lipinski definition) is 3. The van der Waals surface area contributed by atoms with E-state index in [2.05, 4.69) is 46.9 Å². The van der Waals surface area contributed by atoms with E-state index in [1.807, 2.05) is 12.1 Å². The largest absolute Gasteiger partial charge is 0.497 e. The topological polar surface area (TPSA) is 111 Å². The highest BCUT2D eigenvalue weighted by Crippen LogP contribution is 2.29. The molecular formula is C29H36N4O5S. The molecule has 0 aliphatic heterocycles. The molecular weight excluding hydrogens is 516 g/mol. The average Bonchev–Trinajstić information content (AvgIpc) is 3.43. The molecule has 3 N–H and O–H groups in total. The van der Waals surface area contributed by atoms with Crippen molar-refractivity contribution in [3.63, 3.8) is 0 Å². The first kappa shape index (κ1) is 28.2. The third-order valence-electron chi connectivity index (χ3n) is 6.75. The molecule has 1 heterocycles. The average molecular weight is 553 g/mol. The summed E-state index contributed by atoms with van der Waals surface area (Å²) in [6.45, 7) is 4.60. The normalized spacial score (nSPS) is 16.8. The zero-order valence-corrected chi connectivity index (χ0v) is 23.6. The van der Waals surface area contributed by atoms with Gasteiger partial charge in [-0.2, -0.15) is 0 Å². The number of methoxy groups -OCH3 is 2. The fraction of sp³-hybridized carbons (Fsp3) is 0.414. The van der Waals surface area contributed by atoms with Crippen LogP contribution in [0.15, 0.2) is 47.8 Å². The van der Waals surface area contributed by atoms with Crippen LogP contribution in [0.25, 0.3) is 0 Å². The number of hydrogen-bond acceptors (Lipinski definition) is 7. The lowest BCUT2D eigenvalue weighted by molar-refractivity contribution is 0.0911. The quantitative estimate of drug-likeness (QED) is 0.296. The monoisotopic (exact) mass is 552 g/mol. The molecule has 3 amide bonds. The molecule has 2 aromatic carbocycles. The number of ether oxygens (including phenoxy) is 3. The standard InChI is InChI=1S/C29H36N4O5S/c1-18(2)19-9-11-20(12-10-19)38-16-27-30-25(17-39-27)28(34)31-22-7-5-6-8-23(22)32-29(35)33-24-14-13-21(36-3)15-26(24)37-4/h9-15,17-18,22-23H,5-8,16H2,1-4H3,(H,31,34)(H2,32,33,35)/t22-,23+/m1/s1. The van der Waals surface area contributed by atoms with E-state index in [4.69, 9.17) is 14.2 Å². The van der Waals surface area contributed by atoms with E-state index in [-0.39, 0.29) is 24.0 Å². The Kier molecular flexibility index (Phi) is 9.64. The minimum Gasteiger partial charge on any atom is -0.497 e. The van der Waals surface area contributed by atoms with Crippen LogP contribution in [0.4, 0.5) is 10.5 Å². The number of anilines is 1. The van der Waals surface area contributed by atoms with E-state index < -0.39 is 0 Å². The SMILES string of the molecule is COc1ccc(NC(=O)N[C@H]2CCCC[C@H]2NC(=O)c2csc(COc3ccc(C(C)C)cc3)n2)c(OC)c1. The Bertz CT molecular complexity index is 1260. The van der Waals surface area contributed by atoms with Crippen LogP contribution >= 0.6 is 11.3 Å². The van der Waals surface area contributed by atoms with Gasteiger partial charge in [0.15, 0.2) is 0 Å². The van der Waals surface area contributed by atoms with Crippen molar-refractivity contribution < 1.29 is 23.8 Å². The number of nitrogens with one attached hydrogen (secondary N) is 3. The molecule has 1 aromatic heterocycles. The van der Waals surface area contributed by atoms with Crippen LogP contribution in [0.5, 0.6) is 17.2 Å². The molecule has 9 nitrogen and oxygen atoms in total. The summed E-state index contributed by atoms with van der Waals surface area (Å²) in [5, 5.41) is 11.4. The van der Waals surface area contributed by atoms with Crippen molar-refractivity contribution in [2.75, 3.05) is 19.5 Å². The fourth-order valence-corrected chi connectivity index (χ4v) is 5.21. The van der Waals surface area contributed by atoms with Crippen molar-refractivity contribution in [3.8, 4) is 17.2 Å². The van der Waals surface area contributed by atoms with Crippen molar-refractivity contribution in [1.82, 2.24) is 15.6 Å². The molecule has 10 heteroatoms. The van der Waals surface area contributed by atoms with Gasteiger partial charge in [0, 0.05) is 17.5 Å². The number of benzene rings is 2. The van der Waals surface area contributed by atoms with Crippen molar-refractivity contribution >= 4 is 29.0 Å². The van der Waals surface area contributed by atoms with Crippen LogP contribution in [0.2, 0.25) is 0 Å². The third kappa shape index (κ3) is 7.63. The third-order valence-corrected chi connectivity index (χ3v) is 7.57. The van der Waals surface area contributed by atoms with E-state index in [0.29, 0.717) is 35.4 Å². The van der Waals surface area contributed by atoms with Crippen molar-refractivity contribution in [3.05, 3.63) is 64.1 Å². The predicted molar refractivity (Wildman–Crippen MR) is 152 cm³/mol. The highest BCUT2D eigenvalue weighted by Gasteiger charge is 2.29. The number of amides is 3. The van der Waals surface area contributed by atoms with Crippen LogP contribution < -0.4 is 30.2 Å². The highest BCUT2D eigenvalue weighted by atomic mass is 32.1. The smallest absolute Gasteiger partial charge is 0.319 e. The van der Waals surface area contributed by atoms with Crippen LogP contribution in [0, 0.1) is 0 Å². The summed E-state index contributed by atoms with van der Waals surface area (Å²) in [5.74, 6) is 2.10. The van der Waals surface area contributed by atoms with Crippen LogP contribution in [-0.4, -0.2) is 43.2 Å². The molecule has 3 aromatic rings. The molecule has 0 bridgehead atoms. The molecule has 0 radical (unpaired) electrons. The van der Waals surface area contributed by atoms with E-state index in [1.165, 1.54) is 24.0 Å². The second kappa shape index (κ2) is 13.3. The van der Waals surface area contributed by atoms with Gasteiger partial charge >= 0.3 is 6.03 Å². The molecule has 1 saturated carbocycles. The van der Waals surface area contributed by atoms with Gasteiger partial charge in [0.1, 0.15) is 34.6 Å². The van der Waals surface area contributed by atoms with Crippen molar-refractivity contribution in [2.45, 2.75) is 64.1 Å². The first-order chi connectivity index (χ1) is 18.9. The van der Waals surface area contributed by atoms with Crippen molar-refractivity contribution in [1.29, 1.82) is 0 Å². The van der Waals surface area contributed by atoms with Gasteiger partial charge in [0.2, 0.25) is 0 Å². The summed E-state index contributed by atoms with van der Waals surface area (Å²) in [7, 11) is 3.10. The number of carbonyl (C=O) groups is 2. The Balaban J connectivity index is 1.31. The zero-order chi connectivity index (χ0) is 27.8. The van der Waals surface area contributed by atoms with Gasteiger partial charge < -0.3 is 30.2 Å². The Labute approximate surface area is 233 Å². The maximum Gasteiger partial charge on any atom is 0.319 e. The summed E-state index contributed by atoms with van der Waals surface area (Å²) in [6.07, 6.45) is 3.49. The predicted octanol–water partition coefficient (Wildman–Crippen LogP) is 5.73. The molecule has 1 aliphatic rings. The molecule has 1 aliphatic carbocycles. The number of urea groups is 1. The fourth-order valence-electron chi connectivity index (χ4n) is 4.52. The maximum absolute atomic E-state index is 13.0. The number of rotatable bonds is 10. The van der Waals surface area contributed by atoms with Gasteiger partial charge in [-0.25, -0.2) is 9.78 Å². The molecule has 1 fully saturated rings. The lowest BCUT2D eigenvalue weighted by atomic mass is 9.90. The summed E-state index contributed by atoms with van der Waals surface area (Å²) >= 11 is 1.39. The number of aromatic nitrogens is 1. The summed E-state index contributed by atoms with van der Waals surface area (Å²) in [5.41, 5.74) is 2.13. The van der Waals surface area contributed by atoms with Crippen molar-refractivity contribution in [2.24, 2.45) is 0 Å². The van der Waals surface area contributed by atoms with Gasteiger partial charge in [-0.3, -0.25) is 4.79 Å². The van der Waals surface area contributed by atoms with Crippen LogP contribution in [0.1, 0.15) is 66.5 Å². The minimum atomic E-state index is -0.362. The Morgan fingerprint density at radius 2 is 1.67 bits per heavy atom.